The Hall–Kier alpha value is -3.04. The molecule has 3 atom stereocenters. The molecule has 8 nitrogen and oxygen atoms in total. The number of aromatic nitrogens is 2. The molecule has 5 rings (SSSR count). The van der Waals surface area contributed by atoms with E-state index >= 15 is 0 Å². The molecule has 2 aliphatic rings. The lowest BCUT2D eigenvalue weighted by Crippen LogP contribution is -2.48. The van der Waals surface area contributed by atoms with Crippen LogP contribution in [0.2, 0.25) is 0 Å². The van der Waals surface area contributed by atoms with Crippen LogP contribution in [0.25, 0.3) is 0 Å². The second-order valence-corrected chi connectivity index (χ2v) is 7.96. The number of methoxy groups -OCH3 is 1. The number of aliphatic hydroxyl groups is 1. The first-order valence-corrected chi connectivity index (χ1v) is 10.5. The van der Waals surface area contributed by atoms with Crippen LogP contribution in [-0.4, -0.2) is 59.2 Å². The van der Waals surface area contributed by atoms with Gasteiger partial charge in [-0.25, -0.2) is 9.88 Å². The lowest BCUT2D eigenvalue weighted by molar-refractivity contribution is -0.00685. The third-order valence-corrected chi connectivity index (χ3v) is 5.95. The maximum absolute atomic E-state index is 10.9. The van der Waals surface area contributed by atoms with E-state index in [1.807, 2.05) is 30.3 Å². The minimum absolute atomic E-state index is 0.187. The molecule has 3 heterocycles. The molecule has 1 aromatic heterocycles. The molecule has 3 aromatic rings. The highest BCUT2D eigenvalue weighted by molar-refractivity contribution is 5.34. The lowest BCUT2D eigenvalue weighted by atomic mass is 10.0. The summed E-state index contributed by atoms with van der Waals surface area (Å²) in [5.74, 6) is 1.01. The van der Waals surface area contributed by atoms with Gasteiger partial charge in [-0.3, -0.25) is 4.98 Å². The molecule has 0 amide bonds. The molecule has 2 aromatic carbocycles. The van der Waals surface area contributed by atoms with E-state index in [-0.39, 0.29) is 6.23 Å². The van der Waals surface area contributed by atoms with Gasteiger partial charge in [-0.05, 0) is 23.3 Å². The second kappa shape index (κ2) is 8.84. The number of ether oxygens (including phenoxy) is 4. The molecule has 0 saturated carbocycles. The van der Waals surface area contributed by atoms with E-state index < -0.39 is 11.6 Å². The van der Waals surface area contributed by atoms with Crippen LogP contribution in [-0.2, 0) is 9.47 Å². The first kappa shape index (κ1) is 20.8. The Bertz CT molecular complexity index is 1050. The minimum atomic E-state index is -0.977. The Balaban J connectivity index is 1.34. The summed E-state index contributed by atoms with van der Waals surface area (Å²) >= 11 is 0. The number of nitrogens with zero attached hydrogens (tertiary/aromatic N) is 3. The van der Waals surface area contributed by atoms with E-state index in [2.05, 4.69) is 14.9 Å². The molecular weight excluding hydrogens is 410 g/mol. The van der Waals surface area contributed by atoms with E-state index in [4.69, 9.17) is 18.9 Å². The van der Waals surface area contributed by atoms with Crippen LogP contribution >= 0.6 is 0 Å². The monoisotopic (exact) mass is 435 g/mol. The molecule has 0 radical (unpaired) electrons. The van der Waals surface area contributed by atoms with Gasteiger partial charge in [0.15, 0.2) is 0 Å². The van der Waals surface area contributed by atoms with Crippen molar-refractivity contribution >= 4 is 0 Å². The number of fused-ring (bicyclic) bond motifs is 1. The molecule has 0 bridgehead atoms. The topological polar surface area (TPSA) is 86.2 Å². The van der Waals surface area contributed by atoms with Crippen LogP contribution in [0.5, 0.6) is 11.6 Å². The van der Waals surface area contributed by atoms with Crippen molar-refractivity contribution in [2.24, 2.45) is 0 Å². The van der Waals surface area contributed by atoms with Crippen molar-refractivity contribution in [3.8, 4) is 11.6 Å². The predicted molar refractivity (Wildman–Crippen MR) is 115 cm³/mol. The quantitative estimate of drug-likeness (QED) is 0.606. The van der Waals surface area contributed by atoms with E-state index in [1.54, 1.807) is 43.8 Å². The van der Waals surface area contributed by atoms with Gasteiger partial charge < -0.3 is 24.1 Å². The number of aliphatic hydroxyl groups excluding tert-OH is 1. The van der Waals surface area contributed by atoms with Crippen LogP contribution in [0.1, 0.15) is 29.2 Å². The Morgan fingerprint density at radius 3 is 2.66 bits per heavy atom. The molecule has 8 heteroatoms. The zero-order valence-corrected chi connectivity index (χ0v) is 17.8. The molecule has 32 heavy (non-hydrogen) atoms. The second-order valence-electron chi connectivity index (χ2n) is 7.96. The van der Waals surface area contributed by atoms with Crippen molar-refractivity contribution in [3.05, 3.63) is 83.8 Å². The van der Waals surface area contributed by atoms with Crippen molar-refractivity contribution in [1.29, 1.82) is 0 Å². The summed E-state index contributed by atoms with van der Waals surface area (Å²) in [6, 6.07) is 17.3. The average Bonchev–Trinajstić information content (AvgIpc) is 3.42. The molecule has 2 saturated heterocycles. The minimum Gasteiger partial charge on any atom is -0.497 e. The van der Waals surface area contributed by atoms with Gasteiger partial charge in [0.25, 0.3) is 0 Å². The van der Waals surface area contributed by atoms with Gasteiger partial charge in [-0.15, -0.1) is 0 Å². The van der Waals surface area contributed by atoms with Gasteiger partial charge >= 0.3 is 0 Å². The average molecular weight is 435 g/mol. The molecular formula is C24H25N3O5. The zero-order valence-electron chi connectivity index (χ0n) is 17.8. The van der Waals surface area contributed by atoms with Crippen molar-refractivity contribution < 1.29 is 24.1 Å². The SMILES string of the molecule is COc1ccc([C@@H](O)c2nccnc2OC[C@@]23COCN2[C@@H](c2ccccc2)OC3)cc1. The maximum Gasteiger partial charge on any atom is 0.238 e. The predicted octanol–water partition coefficient (Wildman–Crippen LogP) is 2.70. The van der Waals surface area contributed by atoms with Crippen molar-refractivity contribution in [2.45, 2.75) is 17.9 Å². The smallest absolute Gasteiger partial charge is 0.238 e. The van der Waals surface area contributed by atoms with Crippen LogP contribution in [0, 0.1) is 0 Å². The summed E-state index contributed by atoms with van der Waals surface area (Å²) in [6.07, 6.45) is 1.93. The summed E-state index contributed by atoms with van der Waals surface area (Å²) in [5, 5.41) is 10.9. The summed E-state index contributed by atoms with van der Waals surface area (Å²) in [4.78, 5) is 10.9. The number of hydrogen-bond donors (Lipinski definition) is 1. The Morgan fingerprint density at radius 2 is 1.88 bits per heavy atom. The Morgan fingerprint density at radius 1 is 1.09 bits per heavy atom. The van der Waals surface area contributed by atoms with E-state index in [0.717, 1.165) is 5.56 Å². The lowest BCUT2D eigenvalue weighted by Gasteiger charge is -2.30. The fourth-order valence-electron chi connectivity index (χ4n) is 4.16. The van der Waals surface area contributed by atoms with Crippen LogP contribution in [0.15, 0.2) is 67.0 Å². The third kappa shape index (κ3) is 3.82. The number of hydrogen-bond acceptors (Lipinski definition) is 8. The Kier molecular flexibility index (Phi) is 5.75. The summed E-state index contributed by atoms with van der Waals surface area (Å²) in [7, 11) is 1.60. The molecule has 0 aliphatic carbocycles. The van der Waals surface area contributed by atoms with Gasteiger partial charge in [0.2, 0.25) is 5.88 Å². The zero-order chi connectivity index (χ0) is 22.0. The van der Waals surface area contributed by atoms with E-state index in [9.17, 15) is 5.11 Å². The first-order valence-electron chi connectivity index (χ1n) is 10.5. The molecule has 1 N–H and O–H groups in total. The highest BCUT2D eigenvalue weighted by Gasteiger charge is 2.52. The fraction of sp³-hybridized carbons (Fsp3) is 0.333. The van der Waals surface area contributed by atoms with Crippen LogP contribution < -0.4 is 9.47 Å². The Labute approximate surface area is 186 Å². The normalized spacial score (nSPS) is 23.6. The van der Waals surface area contributed by atoms with Crippen molar-refractivity contribution in [3.63, 3.8) is 0 Å². The number of benzene rings is 2. The standard InChI is InChI=1S/C24H25N3O5/c1-29-19-9-7-17(8-10-19)21(28)20-22(26-12-11-25-20)31-14-24-13-30-16-27(24)23(32-15-24)18-5-3-2-4-6-18/h2-12,21,23,28H,13-16H2,1H3/t21-,23-,24-/m1/s1. The number of rotatable bonds is 7. The van der Waals surface area contributed by atoms with Gasteiger partial charge in [0, 0.05) is 12.4 Å². The van der Waals surface area contributed by atoms with Gasteiger partial charge in [-0.1, -0.05) is 42.5 Å². The molecule has 0 unspecified atom stereocenters. The molecule has 2 fully saturated rings. The van der Waals surface area contributed by atoms with Gasteiger partial charge in [0.05, 0.1) is 20.3 Å². The molecule has 2 aliphatic heterocycles. The van der Waals surface area contributed by atoms with E-state index in [1.165, 1.54) is 0 Å². The fourth-order valence-corrected chi connectivity index (χ4v) is 4.16. The van der Waals surface area contributed by atoms with Crippen LogP contribution in [0.3, 0.4) is 0 Å². The largest absolute Gasteiger partial charge is 0.497 e. The highest BCUT2D eigenvalue weighted by Crippen LogP contribution is 2.41. The van der Waals surface area contributed by atoms with Crippen LogP contribution in [0.4, 0.5) is 0 Å². The maximum atomic E-state index is 10.9. The molecule has 0 spiro atoms. The highest BCUT2D eigenvalue weighted by atomic mass is 16.6. The van der Waals surface area contributed by atoms with Gasteiger partial charge in [0.1, 0.15) is 42.7 Å². The van der Waals surface area contributed by atoms with Crippen molar-refractivity contribution in [2.75, 3.05) is 33.7 Å². The first-order chi connectivity index (χ1) is 15.7. The summed E-state index contributed by atoms with van der Waals surface area (Å²) in [5.41, 5.74) is 1.68. The van der Waals surface area contributed by atoms with Crippen molar-refractivity contribution in [1.82, 2.24) is 14.9 Å². The summed E-state index contributed by atoms with van der Waals surface area (Å²) < 4.78 is 23.3. The van der Waals surface area contributed by atoms with E-state index in [0.29, 0.717) is 49.4 Å². The van der Waals surface area contributed by atoms with Gasteiger partial charge in [-0.2, -0.15) is 0 Å². The third-order valence-electron chi connectivity index (χ3n) is 5.95. The summed E-state index contributed by atoms with van der Waals surface area (Å²) in [6.45, 7) is 1.73. The molecule has 166 valence electrons.